The van der Waals surface area contributed by atoms with Gasteiger partial charge in [0.2, 0.25) is 0 Å². The highest BCUT2D eigenvalue weighted by atomic mass is 127. The fourth-order valence-corrected chi connectivity index (χ4v) is 4.80. The van der Waals surface area contributed by atoms with Gasteiger partial charge in [0.25, 0.3) is 0 Å². The van der Waals surface area contributed by atoms with Gasteiger partial charge in [-0.1, -0.05) is 37.3 Å². The molecule has 2 aromatic rings. The summed E-state index contributed by atoms with van der Waals surface area (Å²) in [6.45, 7) is 11.3. The lowest BCUT2D eigenvalue weighted by Gasteiger charge is -2.40. The van der Waals surface area contributed by atoms with Crippen molar-refractivity contribution in [1.29, 1.82) is 0 Å². The third-order valence-corrected chi connectivity index (χ3v) is 6.88. The summed E-state index contributed by atoms with van der Waals surface area (Å²) in [5.74, 6) is 0.910. The van der Waals surface area contributed by atoms with Crippen molar-refractivity contribution in [2.24, 2.45) is 4.99 Å². The van der Waals surface area contributed by atoms with Crippen LogP contribution in [0.25, 0.3) is 0 Å². The number of halogens is 1. The molecule has 1 saturated heterocycles. The molecule has 1 atom stereocenters. The number of hydrogen-bond donors (Lipinski definition) is 2. The first-order valence-electron chi connectivity index (χ1n) is 11.6. The van der Waals surface area contributed by atoms with Gasteiger partial charge in [0, 0.05) is 69.3 Å². The number of likely N-dealkylation sites (N-methyl/N-ethyl adjacent to an activating group) is 1. The number of aliphatic imine (C=N–C) groups is 1. The number of aromatic nitrogens is 1. The molecule has 0 radical (unpaired) electrons. The molecule has 1 fully saturated rings. The van der Waals surface area contributed by atoms with E-state index < -0.39 is 0 Å². The topological polar surface area (TPSA) is 55.8 Å². The zero-order valence-corrected chi connectivity index (χ0v) is 22.9. The molecule has 1 unspecified atom stereocenters. The van der Waals surface area contributed by atoms with E-state index in [2.05, 4.69) is 76.6 Å². The zero-order chi connectivity index (χ0) is 21.9. The number of aryl methyl sites for hydroxylation is 1. The smallest absolute Gasteiger partial charge is 0.191 e. The van der Waals surface area contributed by atoms with Crippen LogP contribution in [0.1, 0.15) is 41.8 Å². The Hall–Kier alpha value is -1.23. The molecule has 1 aromatic heterocycles. The summed E-state index contributed by atoms with van der Waals surface area (Å²) in [6.07, 6.45) is 5.07. The summed E-state index contributed by atoms with van der Waals surface area (Å²) >= 11 is 1.81. The number of rotatable bonds is 10. The first-order chi connectivity index (χ1) is 15.2. The molecule has 2 heterocycles. The molecule has 0 bridgehead atoms. The van der Waals surface area contributed by atoms with Crippen molar-refractivity contribution in [3.05, 3.63) is 52.0 Å². The quantitative estimate of drug-likeness (QED) is 0.197. The van der Waals surface area contributed by atoms with E-state index in [4.69, 9.17) is 4.99 Å². The molecule has 32 heavy (non-hydrogen) atoms. The van der Waals surface area contributed by atoms with E-state index in [1.165, 1.54) is 15.4 Å². The first-order valence-corrected chi connectivity index (χ1v) is 12.4. The molecule has 2 N–H and O–H groups in total. The van der Waals surface area contributed by atoms with Gasteiger partial charge in [0.05, 0.1) is 5.01 Å². The van der Waals surface area contributed by atoms with Gasteiger partial charge >= 0.3 is 0 Å². The molecule has 0 aliphatic carbocycles. The average Bonchev–Trinajstić information content (AvgIpc) is 3.26. The minimum atomic E-state index is 0. The number of thiazole rings is 1. The number of benzene rings is 1. The second-order valence-corrected chi connectivity index (χ2v) is 9.29. The Labute approximate surface area is 214 Å². The summed E-state index contributed by atoms with van der Waals surface area (Å²) in [7, 11) is 2.22. The van der Waals surface area contributed by atoms with Crippen LogP contribution in [0.5, 0.6) is 0 Å². The SMILES string of the molecule is CCNC(=NCCCN1CCN(C)CC1c1ccccc1)NCCc1ncc(CC)s1.I. The molecule has 1 aliphatic rings. The van der Waals surface area contributed by atoms with Crippen LogP contribution in [0, 0.1) is 0 Å². The van der Waals surface area contributed by atoms with Gasteiger partial charge in [0.1, 0.15) is 0 Å². The van der Waals surface area contributed by atoms with Crippen molar-refractivity contribution in [3.8, 4) is 0 Å². The highest BCUT2D eigenvalue weighted by Crippen LogP contribution is 2.24. The standard InChI is InChI=1S/C24H38N6S.HI/c1-4-21-18-28-23(31-21)12-14-27-24(25-5-2)26-13-9-15-30-17-16-29(3)19-22(30)20-10-7-6-8-11-20;/h6-8,10-11,18,22H,4-5,9,12-17,19H2,1-3H3,(H2,25,26,27);1H. The van der Waals surface area contributed by atoms with Gasteiger partial charge < -0.3 is 15.5 Å². The van der Waals surface area contributed by atoms with Gasteiger partial charge in [-0.3, -0.25) is 9.89 Å². The molecule has 1 aliphatic heterocycles. The maximum absolute atomic E-state index is 4.80. The Morgan fingerprint density at radius 1 is 1.19 bits per heavy atom. The van der Waals surface area contributed by atoms with Gasteiger partial charge in [0.15, 0.2) is 5.96 Å². The minimum Gasteiger partial charge on any atom is -0.357 e. The minimum absolute atomic E-state index is 0. The molecule has 8 heteroatoms. The molecule has 178 valence electrons. The number of nitrogens with zero attached hydrogens (tertiary/aromatic N) is 4. The lowest BCUT2D eigenvalue weighted by atomic mass is 10.0. The van der Waals surface area contributed by atoms with Crippen molar-refractivity contribution < 1.29 is 0 Å². The van der Waals surface area contributed by atoms with E-state index in [0.29, 0.717) is 6.04 Å². The monoisotopic (exact) mass is 570 g/mol. The van der Waals surface area contributed by atoms with E-state index in [1.54, 1.807) is 0 Å². The van der Waals surface area contributed by atoms with Crippen LogP contribution in [0.15, 0.2) is 41.5 Å². The average molecular weight is 571 g/mol. The second-order valence-electron chi connectivity index (χ2n) is 8.09. The van der Waals surface area contributed by atoms with Crippen LogP contribution in [0.3, 0.4) is 0 Å². The Morgan fingerprint density at radius 2 is 2.00 bits per heavy atom. The number of piperazine rings is 1. The third kappa shape index (κ3) is 8.61. The maximum atomic E-state index is 4.80. The predicted molar refractivity (Wildman–Crippen MR) is 147 cm³/mol. The third-order valence-electron chi connectivity index (χ3n) is 5.68. The second kappa shape index (κ2) is 14.8. The Balaban J connectivity index is 0.00000363. The summed E-state index contributed by atoms with van der Waals surface area (Å²) in [6, 6.07) is 11.4. The summed E-state index contributed by atoms with van der Waals surface area (Å²) in [4.78, 5) is 15.7. The lowest BCUT2D eigenvalue weighted by molar-refractivity contribution is 0.0894. The summed E-state index contributed by atoms with van der Waals surface area (Å²) in [5.41, 5.74) is 1.42. The number of hydrogen-bond acceptors (Lipinski definition) is 5. The van der Waals surface area contributed by atoms with E-state index >= 15 is 0 Å². The van der Waals surface area contributed by atoms with Crippen molar-refractivity contribution in [2.45, 2.75) is 39.2 Å². The molecule has 1 aromatic carbocycles. The van der Waals surface area contributed by atoms with Crippen molar-refractivity contribution in [3.63, 3.8) is 0 Å². The molecular formula is C24H39IN6S. The van der Waals surface area contributed by atoms with Crippen LogP contribution in [-0.2, 0) is 12.8 Å². The number of nitrogens with one attached hydrogen (secondary N) is 2. The van der Waals surface area contributed by atoms with Gasteiger partial charge in [-0.05, 0) is 32.4 Å². The largest absolute Gasteiger partial charge is 0.357 e. The lowest BCUT2D eigenvalue weighted by Crippen LogP contribution is -2.47. The van der Waals surface area contributed by atoms with Crippen LogP contribution < -0.4 is 10.6 Å². The normalized spacial score (nSPS) is 17.7. The van der Waals surface area contributed by atoms with Gasteiger partial charge in [-0.2, -0.15) is 0 Å². The van der Waals surface area contributed by atoms with E-state index in [0.717, 1.165) is 71.0 Å². The molecule has 6 nitrogen and oxygen atoms in total. The Morgan fingerprint density at radius 3 is 2.72 bits per heavy atom. The Bertz CT molecular complexity index is 797. The maximum Gasteiger partial charge on any atom is 0.191 e. The number of guanidine groups is 1. The van der Waals surface area contributed by atoms with E-state index in [9.17, 15) is 0 Å². The van der Waals surface area contributed by atoms with Gasteiger partial charge in [-0.15, -0.1) is 35.3 Å². The van der Waals surface area contributed by atoms with Crippen molar-refractivity contribution >= 4 is 41.3 Å². The summed E-state index contributed by atoms with van der Waals surface area (Å²) < 4.78 is 0. The predicted octanol–water partition coefficient (Wildman–Crippen LogP) is 3.80. The fraction of sp³-hybridized carbons (Fsp3) is 0.583. The van der Waals surface area contributed by atoms with E-state index in [1.807, 2.05) is 17.5 Å². The van der Waals surface area contributed by atoms with Crippen LogP contribution in [0.4, 0.5) is 0 Å². The fourth-order valence-electron chi connectivity index (χ4n) is 3.94. The van der Waals surface area contributed by atoms with Crippen LogP contribution >= 0.6 is 35.3 Å². The van der Waals surface area contributed by atoms with Crippen LogP contribution in [-0.4, -0.2) is 73.6 Å². The molecule has 0 spiro atoms. The van der Waals surface area contributed by atoms with Crippen molar-refractivity contribution in [1.82, 2.24) is 25.4 Å². The molecule has 3 rings (SSSR count). The summed E-state index contributed by atoms with van der Waals surface area (Å²) in [5, 5.41) is 8.02. The highest BCUT2D eigenvalue weighted by Gasteiger charge is 2.25. The highest BCUT2D eigenvalue weighted by molar-refractivity contribution is 14.0. The molecule has 0 saturated carbocycles. The van der Waals surface area contributed by atoms with E-state index in [-0.39, 0.29) is 24.0 Å². The Kier molecular flexibility index (Phi) is 12.5. The van der Waals surface area contributed by atoms with Crippen LogP contribution in [0.2, 0.25) is 0 Å². The molecule has 0 amide bonds. The molecular weight excluding hydrogens is 531 g/mol. The zero-order valence-electron chi connectivity index (χ0n) is 19.7. The first kappa shape index (κ1) is 27.0. The van der Waals surface area contributed by atoms with Crippen molar-refractivity contribution in [2.75, 3.05) is 52.9 Å². The van der Waals surface area contributed by atoms with Gasteiger partial charge in [-0.25, -0.2) is 4.98 Å².